The van der Waals surface area contributed by atoms with Gasteiger partial charge in [0.1, 0.15) is 0 Å². The Kier molecular flexibility index (Phi) is 7.98. The van der Waals surface area contributed by atoms with E-state index in [1.165, 1.54) is 82.7 Å². The lowest BCUT2D eigenvalue weighted by Gasteiger charge is -2.15. The minimum absolute atomic E-state index is 1.14. The van der Waals surface area contributed by atoms with Gasteiger partial charge in [0, 0.05) is 32.9 Å². The zero-order valence-corrected chi connectivity index (χ0v) is 29.4. The van der Waals surface area contributed by atoms with E-state index in [9.17, 15) is 0 Å². The first-order valence-corrected chi connectivity index (χ1v) is 18.2. The van der Waals surface area contributed by atoms with Crippen molar-refractivity contribution in [2.45, 2.75) is 13.8 Å². The number of benzene rings is 8. The largest absolute Gasteiger partial charge is 0.309 e. The maximum absolute atomic E-state index is 2.44. The predicted molar refractivity (Wildman–Crippen MR) is 223 cm³/mol. The molecule has 2 heteroatoms. The molecule has 0 bridgehead atoms. The topological polar surface area (TPSA) is 9.86 Å². The zero-order chi connectivity index (χ0) is 35.0. The summed E-state index contributed by atoms with van der Waals surface area (Å²) in [6.45, 7) is 4.00. The number of hydrogen-bond acceptors (Lipinski definition) is 0. The summed E-state index contributed by atoms with van der Waals surface area (Å²) in [7, 11) is 0. The minimum Gasteiger partial charge on any atom is -0.309 e. The fourth-order valence-corrected chi connectivity index (χ4v) is 7.83. The highest BCUT2D eigenvalue weighted by Gasteiger charge is 2.17. The molecule has 0 aliphatic carbocycles. The van der Waals surface area contributed by atoms with E-state index >= 15 is 0 Å². The average Bonchev–Trinajstić information content (AvgIpc) is 3.74. The maximum atomic E-state index is 2.44. The van der Waals surface area contributed by atoms with Gasteiger partial charge in [-0.3, -0.25) is 0 Å². The van der Waals surface area contributed by atoms with Crippen LogP contribution in [0.3, 0.4) is 0 Å². The van der Waals surface area contributed by atoms with Crippen LogP contribution in [-0.2, 0) is 0 Å². The van der Waals surface area contributed by atoms with E-state index in [0.717, 1.165) is 5.69 Å². The Bertz CT molecular complexity index is 2840. The molecule has 10 rings (SSSR count). The monoisotopic (exact) mass is 666 g/mol. The number of rotatable bonds is 5. The van der Waals surface area contributed by atoms with Crippen molar-refractivity contribution in [1.29, 1.82) is 0 Å². The lowest BCUT2D eigenvalue weighted by atomic mass is 9.94. The van der Waals surface area contributed by atoms with Gasteiger partial charge >= 0.3 is 0 Å². The second-order valence-electron chi connectivity index (χ2n) is 13.0. The lowest BCUT2D eigenvalue weighted by molar-refractivity contribution is 1.18. The molecular formula is C50H38N2. The fourth-order valence-electron chi connectivity index (χ4n) is 7.83. The van der Waals surface area contributed by atoms with Gasteiger partial charge in [-0.15, -0.1) is 0 Å². The number of hydrogen-bond donors (Lipinski definition) is 0. The van der Waals surface area contributed by atoms with Gasteiger partial charge < -0.3 is 9.13 Å². The van der Waals surface area contributed by atoms with Gasteiger partial charge in [0.2, 0.25) is 0 Å². The number of aromatic nitrogens is 2. The highest BCUT2D eigenvalue weighted by Crippen LogP contribution is 2.40. The molecule has 2 heterocycles. The zero-order valence-electron chi connectivity index (χ0n) is 29.4. The Morgan fingerprint density at radius 3 is 1.23 bits per heavy atom. The van der Waals surface area contributed by atoms with Gasteiger partial charge in [0.15, 0.2) is 0 Å². The van der Waals surface area contributed by atoms with Crippen molar-refractivity contribution in [3.63, 3.8) is 0 Å². The van der Waals surface area contributed by atoms with Gasteiger partial charge in [0.25, 0.3) is 0 Å². The Morgan fingerprint density at radius 1 is 0.269 bits per heavy atom. The van der Waals surface area contributed by atoms with Crippen LogP contribution in [0.25, 0.3) is 88.4 Å². The molecule has 0 unspecified atom stereocenters. The van der Waals surface area contributed by atoms with E-state index < -0.39 is 0 Å². The first-order chi connectivity index (χ1) is 25.8. The lowest BCUT2D eigenvalue weighted by Crippen LogP contribution is -1.96. The quantitative estimate of drug-likeness (QED) is 0.173. The maximum Gasteiger partial charge on any atom is 0.0547 e. The standard InChI is InChI=1S/C48H32N2.C2H6/c1-4-14-33(15-5-1)39-29-26-38(32-44(39)34-16-6-2-7-17-34)50-46-23-13-11-21-41(46)43-28-25-36(31-48(43)50)35-24-27-42-40-20-10-12-22-45(40)49(47(42)30-35)37-18-8-3-9-19-37;1-2/h1-32H;1-2H3. The van der Waals surface area contributed by atoms with Crippen LogP contribution in [0.2, 0.25) is 0 Å². The summed E-state index contributed by atoms with van der Waals surface area (Å²) in [6, 6.07) is 70.4. The minimum atomic E-state index is 1.14. The molecule has 2 aromatic heterocycles. The van der Waals surface area contributed by atoms with Crippen LogP contribution in [0.15, 0.2) is 194 Å². The van der Waals surface area contributed by atoms with Gasteiger partial charge in [-0.05, 0) is 81.9 Å². The summed E-state index contributed by atoms with van der Waals surface area (Å²) < 4.78 is 4.83. The highest BCUT2D eigenvalue weighted by atomic mass is 15.0. The van der Waals surface area contributed by atoms with E-state index in [0.29, 0.717) is 0 Å². The van der Waals surface area contributed by atoms with Crippen LogP contribution in [0.5, 0.6) is 0 Å². The summed E-state index contributed by atoms with van der Waals surface area (Å²) in [5.74, 6) is 0. The molecule has 0 N–H and O–H groups in total. The van der Waals surface area contributed by atoms with Crippen LogP contribution in [0.1, 0.15) is 13.8 Å². The van der Waals surface area contributed by atoms with Crippen molar-refractivity contribution in [1.82, 2.24) is 9.13 Å². The molecule has 0 radical (unpaired) electrons. The SMILES string of the molecule is CC.c1ccc(-c2ccc(-n3c4ccccc4c4ccc(-c5ccc6c7ccccc7n(-c7ccccc7)c6c5)cc43)cc2-c2ccccc2)cc1. The number of para-hydroxylation sites is 3. The molecule has 0 aliphatic rings. The van der Waals surface area contributed by atoms with Crippen LogP contribution in [0.4, 0.5) is 0 Å². The molecule has 2 nitrogen and oxygen atoms in total. The summed E-state index contributed by atoms with van der Waals surface area (Å²) in [5, 5.41) is 5.02. The van der Waals surface area contributed by atoms with Crippen LogP contribution < -0.4 is 0 Å². The molecule has 0 aliphatic heterocycles. The molecule has 0 saturated carbocycles. The van der Waals surface area contributed by atoms with Crippen molar-refractivity contribution in [2.75, 3.05) is 0 Å². The highest BCUT2D eigenvalue weighted by molar-refractivity contribution is 6.12. The molecule has 10 aromatic rings. The summed E-state index contributed by atoms with van der Waals surface area (Å²) in [5.41, 5.74) is 14.4. The van der Waals surface area contributed by atoms with E-state index in [1.807, 2.05) is 13.8 Å². The Balaban J connectivity index is 0.00000177. The molecule has 0 amide bonds. The van der Waals surface area contributed by atoms with E-state index in [2.05, 4.69) is 203 Å². The summed E-state index contributed by atoms with van der Waals surface area (Å²) in [6.07, 6.45) is 0. The van der Waals surface area contributed by atoms with Crippen molar-refractivity contribution in [2.24, 2.45) is 0 Å². The van der Waals surface area contributed by atoms with Gasteiger partial charge in [-0.2, -0.15) is 0 Å². The number of fused-ring (bicyclic) bond motifs is 6. The van der Waals surface area contributed by atoms with Crippen molar-refractivity contribution < 1.29 is 0 Å². The average molecular weight is 667 g/mol. The van der Waals surface area contributed by atoms with Crippen LogP contribution in [-0.4, -0.2) is 9.13 Å². The molecule has 0 saturated heterocycles. The molecular weight excluding hydrogens is 629 g/mol. The third-order valence-electron chi connectivity index (χ3n) is 10.1. The fraction of sp³-hybridized carbons (Fsp3) is 0.0400. The third-order valence-corrected chi connectivity index (χ3v) is 10.1. The predicted octanol–water partition coefficient (Wildman–Crippen LogP) is 13.9. The molecule has 0 fully saturated rings. The van der Waals surface area contributed by atoms with Crippen molar-refractivity contribution in [3.05, 3.63) is 194 Å². The normalized spacial score (nSPS) is 11.3. The van der Waals surface area contributed by atoms with Gasteiger partial charge in [-0.1, -0.05) is 159 Å². The van der Waals surface area contributed by atoms with Crippen LogP contribution in [0, 0.1) is 0 Å². The summed E-state index contributed by atoms with van der Waals surface area (Å²) >= 11 is 0. The Morgan fingerprint density at radius 2 is 0.692 bits per heavy atom. The molecule has 0 spiro atoms. The summed E-state index contributed by atoms with van der Waals surface area (Å²) in [4.78, 5) is 0. The molecule has 8 aromatic carbocycles. The van der Waals surface area contributed by atoms with Crippen LogP contribution >= 0.6 is 0 Å². The number of nitrogens with zero attached hydrogens (tertiary/aromatic N) is 2. The van der Waals surface area contributed by atoms with Crippen molar-refractivity contribution in [3.8, 4) is 44.8 Å². The van der Waals surface area contributed by atoms with E-state index in [1.54, 1.807) is 0 Å². The molecule has 248 valence electrons. The van der Waals surface area contributed by atoms with Gasteiger partial charge in [-0.25, -0.2) is 0 Å². The smallest absolute Gasteiger partial charge is 0.0547 e. The second-order valence-corrected chi connectivity index (χ2v) is 13.0. The van der Waals surface area contributed by atoms with E-state index in [-0.39, 0.29) is 0 Å². The second kappa shape index (κ2) is 13.2. The molecule has 52 heavy (non-hydrogen) atoms. The first-order valence-electron chi connectivity index (χ1n) is 18.2. The van der Waals surface area contributed by atoms with Gasteiger partial charge in [0.05, 0.1) is 22.1 Å². The van der Waals surface area contributed by atoms with E-state index in [4.69, 9.17) is 0 Å². The Labute approximate surface area is 304 Å². The first kappa shape index (κ1) is 31.3. The molecule has 0 atom stereocenters. The Hall–Kier alpha value is -6.64. The van der Waals surface area contributed by atoms with Crippen molar-refractivity contribution >= 4 is 43.6 Å². The third kappa shape index (κ3) is 5.20.